The van der Waals surface area contributed by atoms with Crippen LogP contribution in [0, 0.1) is 0 Å². The van der Waals surface area contributed by atoms with Crippen molar-refractivity contribution in [3.63, 3.8) is 0 Å². The Labute approximate surface area is 84.1 Å². The molecular weight excluding hydrogens is 182 g/mol. The molecule has 0 amide bonds. The Morgan fingerprint density at radius 2 is 2.23 bits per heavy atom. The monoisotopic (exact) mass is 195 g/mol. The van der Waals surface area contributed by atoms with Crippen molar-refractivity contribution in [2.24, 2.45) is 0 Å². The van der Waals surface area contributed by atoms with Crippen molar-refractivity contribution < 1.29 is 0 Å². The quantitative estimate of drug-likeness (QED) is 0.727. The Kier molecular flexibility index (Phi) is 2.56. The van der Waals surface area contributed by atoms with Gasteiger partial charge in [-0.25, -0.2) is 0 Å². The highest BCUT2D eigenvalue weighted by atomic mass is 35.5. The smallest absolute Gasteiger partial charge is 0.0441 e. The van der Waals surface area contributed by atoms with E-state index in [0.29, 0.717) is 0 Å². The van der Waals surface area contributed by atoms with Crippen molar-refractivity contribution in [2.75, 3.05) is 6.54 Å². The lowest BCUT2D eigenvalue weighted by Crippen LogP contribution is -2.23. The van der Waals surface area contributed by atoms with Gasteiger partial charge in [0.25, 0.3) is 0 Å². The molecule has 1 heterocycles. The van der Waals surface area contributed by atoms with Gasteiger partial charge in [-0.3, -0.25) is 0 Å². The van der Waals surface area contributed by atoms with Crippen molar-refractivity contribution in [1.82, 2.24) is 5.32 Å². The molecule has 0 atom stereocenters. The molecule has 2 heteroatoms. The molecule has 1 aromatic rings. The molecule has 2 rings (SSSR count). The van der Waals surface area contributed by atoms with Crippen molar-refractivity contribution in [3.05, 3.63) is 33.8 Å². The summed E-state index contributed by atoms with van der Waals surface area (Å²) < 4.78 is 0. The SMILES string of the molecule is CCc1cc2c(cc1Cl)CNCC2. The molecule has 70 valence electrons. The minimum absolute atomic E-state index is 0.921. The average molecular weight is 196 g/mol. The van der Waals surface area contributed by atoms with E-state index >= 15 is 0 Å². The molecular formula is C11H14ClN. The summed E-state index contributed by atoms with van der Waals surface area (Å²) in [6.07, 6.45) is 2.17. The largest absolute Gasteiger partial charge is 0.312 e. The lowest BCUT2D eigenvalue weighted by Gasteiger charge is -2.18. The van der Waals surface area contributed by atoms with Crippen LogP contribution >= 0.6 is 11.6 Å². The zero-order valence-corrected chi connectivity index (χ0v) is 8.62. The third kappa shape index (κ3) is 1.72. The molecule has 0 saturated heterocycles. The molecule has 0 aliphatic carbocycles. The Bertz CT molecular complexity index is 320. The molecule has 1 N–H and O–H groups in total. The van der Waals surface area contributed by atoms with Crippen LogP contribution < -0.4 is 5.32 Å². The van der Waals surface area contributed by atoms with Gasteiger partial charge in [0.15, 0.2) is 0 Å². The van der Waals surface area contributed by atoms with Gasteiger partial charge in [-0.2, -0.15) is 0 Å². The number of aryl methyl sites for hydroxylation is 1. The first-order valence-corrected chi connectivity index (χ1v) is 5.20. The molecule has 0 aromatic heterocycles. The summed E-state index contributed by atoms with van der Waals surface area (Å²) in [5.74, 6) is 0. The third-order valence-electron chi connectivity index (χ3n) is 2.64. The minimum atomic E-state index is 0.921. The van der Waals surface area contributed by atoms with Gasteiger partial charge in [0, 0.05) is 11.6 Å². The fraction of sp³-hybridized carbons (Fsp3) is 0.455. The first-order valence-electron chi connectivity index (χ1n) is 4.82. The highest BCUT2D eigenvalue weighted by Gasteiger charge is 2.10. The zero-order chi connectivity index (χ0) is 9.26. The second kappa shape index (κ2) is 3.69. The van der Waals surface area contributed by atoms with Gasteiger partial charge in [-0.15, -0.1) is 0 Å². The highest BCUT2D eigenvalue weighted by Crippen LogP contribution is 2.24. The van der Waals surface area contributed by atoms with Crippen LogP contribution in [0.3, 0.4) is 0 Å². The van der Waals surface area contributed by atoms with Crippen molar-refractivity contribution in [3.8, 4) is 0 Å². The van der Waals surface area contributed by atoms with Crippen molar-refractivity contribution in [1.29, 1.82) is 0 Å². The van der Waals surface area contributed by atoms with Crippen LogP contribution in [-0.2, 0) is 19.4 Å². The van der Waals surface area contributed by atoms with Crippen molar-refractivity contribution in [2.45, 2.75) is 26.3 Å². The molecule has 0 bridgehead atoms. The number of hydrogen-bond donors (Lipinski definition) is 1. The molecule has 0 radical (unpaired) electrons. The summed E-state index contributed by atoms with van der Waals surface area (Å²) in [7, 11) is 0. The molecule has 13 heavy (non-hydrogen) atoms. The maximum atomic E-state index is 6.13. The molecule has 0 fully saturated rings. The van der Waals surface area contributed by atoms with Crippen LogP contribution in [0.5, 0.6) is 0 Å². The van der Waals surface area contributed by atoms with E-state index in [4.69, 9.17) is 11.6 Å². The van der Waals surface area contributed by atoms with Gasteiger partial charge in [0.2, 0.25) is 0 Å². The second-order valence-corrected chi connectivity index (χ2v) is 3.90. The van der Waals surface area contributed by atoms with E-state index in [-0.39, 0.29) is 0 Å². The Balaban J connectivity index is 2.44. The standard InChI is InChI=1S/C11H14ClN/c1-2-8-5-9-3-4-13-7-10(9)6-11(8)12/h5-6,13H,2-4,7H2,1H3. The fourth-order valence-electron chi connectivity index (χ4n) is 1.82. The molecule has 1 aliphatic rings. The zero-order valence-electron chi connectivity index (χ0n) is 7.86. The van der Waals surface area contributed by atoms with Crippen LogP contribution in [0.4, 0.5) is 0 Å². The maximum Gasteiger partial charge on any atom is 0.0441 e. The Morgan fingerprint density at radius 1 is 1.38 bits per heavy atom. The normalized spacial score (nSPS) is 15.5. The predicted molar refractivity (Wildman–Crippen MR) is 56.2 cm³/mol. The number of halogens is 1. The molecule has 0 unspecified atom stereocenters. The molecule has 1 aromatic carbocycles. The van der Waals surface area contributed by atoms with E-state index in [2.05, 4.69) is 24.4 Å². The average Bonchev–Trinajstić information content (AvgIpc) is 2.17. The number of fused-ring (bicyclic) bond motifs is 1. The maximum absolute atomic E-state index is 6.13. The molecule has 1 nitrogen and oxygen atoms in total. The van der Waals surface area contributed by atoms with E-state index < -0.39 is 0 Å². The van der Waals surface area contributed by atoms with Gasteiger partial charge in [0.1, 0.15) is 0 Å². The topological polar surface area (TPSA) is 12.0 Å². The molecule has 0 spiro atoms. The van der Waals surface area contributed by atoms with Gasteiger partial charge >= 0.3 is 0 Å². The molecule has 1 aliphatic heterocycles. The van der Waals surface area contributed by atoms with E-state index in [1.54, 1.807) is 0 Å². The number of benzene rings is 1. The summed E-state index contributed by atoms with van der Waals surface area (Å²) >= 11 is 6.13. The van der Waals surface area contributed by atoms with E-state index in [9.17, 15) is 0 Å². The van der Waals surface area contributed by atoms with Crippen LogP contribution in [0.15, 0.2) is 12.1 Å². The Morgan fingerprint density at radius 3 is 3.00 bits per heavy atom. The number of nitrogens with one attached hydrogen (secondary N) is 1. The summed E-state index contributed by atoms with van der Waals surface area (Å²) in [5, 5.41) is 4.27. The fourth-order valence-corrected chi connectivity index (χ4v) is 2.14. The highest BCUT2D eigenvalue weighted by molar-refractivity contribution is 6.31. The first kappa shape index (κ1) is 9.04. The van der Waals surface area contributed by atoms with E-state index in [1.165, 1.54) is 16.7 Å². The van der Waals surface area contributed by atoms with Gasteiger partial charge in [-0.1, -0.05) is 24.6 Å². The Hall–Kier alpha value is -0.530. The van der Waals surface area contributed by atoms with Gasteiger partial charge in [0.05, 0.1) is 0 Å². The first-order chi connectivity index (χ1) is 6.31. The minimum Gasteiger partial charge on any atom is -0.312 e. The predicted octanol–water partition coefficient (Wildman–Crippen LogP) is 2.55. The summed E-state index contributed by atoms with van der Waals surface area (Å²) in [5.41, 5.74) is 4.12. The van der Waals surface area contributed by atoms with Gasteiger partial charge < -0.3 is 5.32 Å². The van der Waals surface area contributed by atoms with E-state index in [1.807, 2.05) is 0 Å². The molecule has 0 saturated carbocycles. The lowest BCUT2D eigenvalue weighted by atomic mass is 9.97. The van der Waals surface area contributed by atoms with Crippen LogP contribution in [0.2, 0.25) is 5.02 Å². The number of hydrogen-bond acceptors (Lipinski definition) is 1. The van der Waals surface area contributed by atoms with Crippen LogP contribution in [0.25, 0.3) is 0 Å². The summed E-state index contributed by atoms with van der Waals surface area (Å²) in [6.45, 7) is 4.21. The van der Waals surface area contributed by atoms with Crippen LogP contribution in [-0.4, -0.2) is 6.54 Å². The van der Waals surface area contributed by atoms with Gasteiger partial charge in [-0.05, 0) is 42.1 Å². The third-order valence-corrected chi connectivity index (χ3v) is 2.99. The summed E-state index contributed by atoms with van der Waals surface area (Å²) in [6, 6.07) is 4.38. The second-order valence-electron chi connectivity index (χ2n) is 3.49. The number of rotatable bonds is 1. The lowest BCUT2D eigenvalue weighted by molar-refractivity contribution is 0.643. The van der Waals surface area contributed by atoms with Crippen molar-refractivity contribution >= 4 is 11.6 Å². The summed E-state index contributed by atoms with van der Waals surface area (Å²) in [4.78, 5) is 0. The van der Waals surface area contributed by atoms with E-state index in [0.717, 1.165) is 31.0 Å². The van der Waals surface area contributed by atoms with Crippen LogP contribution in [0.1, 0.15) is 23.6 Å².